The smallest absolute Gasteiger partial charge is 0.0120 e. The first kappa shape index (κ1) is 15.1. The van der Waals surface area contributed by atoms with Gasteiger partial charge < -0.3 is 9.80 Å². The molecule has 2 heterocycles. The molecule has 1 aromatic carbocycles. The van der Waals surface area contributed by atoms with E-state index in [-0.39, 0.29) is 0 Å². The van der Waals surface area contributed by atoms with Gasteiger partial charge in [0.15, 0.2) is 0 Å². The van der Waals surface area contributed by atoms with E-state index in [0.717, 1.165) is 12.0 Å². The van der Waals surface area contributed by atoms with Crippen molar-refractivity contribution in [3.63, 3.8) is 0 Å². The molecule has 0 bridgehead atoms. The van der Waals surface area contributed by atoms with Gasteiger partial charge in [-0.25, -0.2) is 0 Å². The van der Waals surface area contributed by atoms with Crippen LogP contribution in [0.15, 0.2) is 30.3 Å². The van der Waals surface area contributed by atoms with E-state index in [1.54, 1.807) is 0 Å². The van der Waals surface area contributed by atoms with Crippen molar-refractivity contribution in [2.45, 2.75) is 45.1 Å². The number of benzene rings is 1. The van der Waals surface area contributed by atoms with E-state index in [1.165, 1.54) is 70.4 Å². The van der Waals surface area contributed by atoms with Gasteiger partial charge in [-0.2, -0.15) is 0 Å². The lowest BCUT2D eigenvalue weighted by Gasteiger charge is -2.41. The summed E-state index contributed by atoms with van der Waals surface area (Å²) in [7, 11) is 0. The minimum absolute atomic E-state index is 0.862. The van der Waals surface area contributed by atoms with Gasteiger partial charge >= 0.3 is 0 Å². The summed E-state index contributed by atoms with van der Waals surface area (Å²) in [6.07, 6.45) is 6.80. The van der Waals surface area contributed by atoms with E-state index in [9.17, 15) is 0 Å². The third kappa shape index (κ3) is 4.31. The van der Waals surface area contributed by atoms with Crippen LogP contribution in [0.2, 0.25) is 0 Å². The van der Waals surface area contributed by atoms with Gasteiger partial charge in [0, 0.05) is 19.1 Å². The molecule has 0 saturated carbocycles. The maximum Gasteiger partial charge on any atom is 0.0120 e. The van der Waals surface area contributed by atoms with Crippen LogP contribution in [0.4, 0.5) is 0 Å². The fraction of sp³-hybridized carbons (Fsp3) is 0.684. The second-order valence-electron chi connectivity index (χ2n) is 7.05. The third-order valence-corrected chi connectivity index (χ3v) is 5.32. The van der Waals surface area contributed by atoms with Gasteiger partial charge in [0.25, 0.3) is 0 Å². The molecule has 2 heteroatoms. The molecule has 0 aromatic heterocycles. The molecule has 0 amide bonds. The van der Waals surface area contributed by atoms with Crippen LogP contribution < -0.4 is 0 Å². The molecule has 2 aliphatic rings. The minimum atomic E-state index is 0.862. The SMILES string of the molecule is CC1CCCN(C2CCN(CCc3ccccc3)CC2)C1. The molecular weight excluding hydrogens is 256 g/mol. The number of rotatable bonds is 4. The summed E-state index contributed by atoms with van der Waals surface area (Å²) in [6.45, 7) is 8.92. The molecule has 2 saturated heterocycles. The van der Waals surface area contributed by atoms with Crippen molar-refractivity contribution in [1.29, 1.82) is 0 Å². The van der Waals surface area contributed by atoms with Crippen LogP contribution in [0.5, 0.6) is 0 Å². The van der Waals surface area contributed by atoms with Gasteiger partial charge in [-0.1, -0.05) is 37.3 Å². The quantitative estimate of drug-likeness (QED) is 0.837. The normalized spacial score (nSPS) is 26.0. The fourth-order valence-electron chi connectivity index (χ4n) is 4.00. The molecule has 0 spiro atoms. The second-order valence-corrected chi connectivity index (χ2v) is 7.05. The van der Waals surface area contributed by atoms with Crippen molar-refractivity contribution in [2.75, 3.05) is 32.7 Å². The molecule has 0 N–H and O–H groups in total. The number of hydrogen-bond donors (Lipinski definition) is 0. The van der Waals surface area contributed by atoms with Crippen molar-refractivity contribution in [3.05, 3.63) is 35.9 Å². The number of hydrogen-bond acceptors (Lipinski definition) is 2. The van der Waals surface area contributed by atoms with Crippen molar-refractivity contribution in [3.8, 4) is 0 Å². The molecule has 2 fully saturated rings. The van der Waals surface area contributed by atoms with E-state index in [1.807, 2.05) is 0 Å². The zero-order chi connectivity index (χ0) is 14.5. The van der Waals surface area contributed by atoms with E-state index >= 15 is 0 Å². The van der Waals surface area contributed by atoms with Gasteiger partial charge in [0.1, 0.15) is 0 Å². The maximum absolute atomic E-state index is 2.78. The van der Waals surface area contributed by atoms with Crippen LogP contribution in [0.1, 0.15) is 38.2 Å². The molecule has 1 unspecified atom stereocenters. The highest BCUT2D eigenvalue weighted by atomic mass is 15.2. The zero-order valence-corrected chi connectivity index (χ0v) is 13.5. The number of nitrogens with zero attached hydrogens (tertiary/aromatic N) is 2. The second kappa shape index (κ2) is 7.42. The average Bonchev–Trinajstić information content (AvgIpc) is 2.54. The Hall–Kier alpha value is -0.860. The Kier molecular flexibility index (Phi) is 5.32. The van der Waals surface area contributed by atoms with Crippen LogP contribution in [0.25, 0.3) is 0 Å². The molecule has 21 heavy (non-hydrogen) atoms. The van der Waals surface area contributed by atoms with Crippen LogP contribution in [0.3, 0.4) is 0 Å². The summed E-state index contributed by atoms with van der Waals surface area (Å²) >= 11 is 0. The molecule has 0 radical (unpaired) electrons. The van der Waals surface area contributed by atoms with Crippen molar-refractivity contribution < 1.29 is 0 Å². The van der Waals surface area contributed by atoms with Crippen molar-refractivity contribution >= 4 is 0 Å². The average molecular weight is 286 g/mol. The fourth-order valence-corrected chi connectivity index (χ4v) is 4.00. The minimum Gasteiger partial charge on any atom is -0.303 e. The lowest BCUT2D eigenvalue weighted by molar-refractivity contribution is 0.0756. The van der Waals surface area contributed by atoms with Gasteiger partial charge in [-0.3, -0.25) is 0 Å². The van der Waals surface area contributed by atoms with Gasteiger partial charge in [0.05, 0.1) is 0 Å². The summed E-state index contributed by atoms with van der Waals surface area (Å²) < 4.78 is 0. The first-order valence-corrected chi connectivity index (χ1v) is 8.81. The first-order valence-electron chi connectivity index (χ1n) is 8.81. The maximum atomic E-state index is 2.78. The predicted molar refractivity (Wildman–Crippen MR) is 89.6 cm³/mol. The van der Waals surface area contributed by atoms with Crippen LogP contribution in [-0.4, -0.2) is 48.6 Å². The summed E-state index contributed by atoms with van der Waals surface area (Å²) in [6, 6.07) is 11.8. The molecule has 2 aliphatic heterocycles. The standard InChI is InChI=1S/C19H30N2/c1-17-6-5-12-21(16-17)19-10-14-20(15-11-19)13-9-18-7-3-2-4-8-18/h2-4,7-8,17,19H,5-6,9-16H2,1H3. The Labute approximate surface area is 130 Å². The summed E-state index contributed by atoms with van der Waals surface area (Å²) in [5.41, 5.74) is 1.48. The Balaban J connectivity index is 1.40. The molecular formula is C19H30N2. The topological polar surface area (TPSA) is 6.48 Å². The number of piperidine rings is 2. The summed E-state index contributed by atoms with van der Waals surface area (Å²) in [4.78, 5) is 5.44. The summed E-state index contributed by atoms with van der Waals surface area (Å²) in [5, 5.41) is 0. The van der Waals surface area contributed by atoms with Crippen LogP contribution in [0, 0.1) is 5.92 Å². The van der Waals surface area contributed by atoms with Gasteiger partial charge in [0.2, 0.25) is 0 Å². The zero-order valence-electron chi connectivity index (χ0n) is 13.5. The molecule has 0 aliphatic carbocycles. The van der Waals surface area contributed by atoms with Gasteiger partial charge in [-0.15, -0.1) is 0 Å². The lowest BCUT2D eigenvalue weighted by atomic mass is 9.95. The largest absolute Gasteiger partial charge is 0.303 e. The van der Waals surface area contributed by atoms with Crippen molar-refractivity contribution in [2.24, 2.45) is 5.92 Å². The Morgan fingerprint density at radius 2 is 1.76 bits per heavy atom. The molecule has 116 valence electrons. The first-order chi connectivity index (χ1) is 10.3. The van der Waals surface area contributed by atoms with E-state index in [2.05, 4.69) is 47.1 Å². The predicted octanol–water partition coefficient (Wildman–Crippen LogP) is 3.43. The van der Waals surface area contributed by atoms with Gasteiger partial charge in [-0.05, 0) is 63.2 Å². The molecule has 1 aromatic rings. The number of likely N-dealkylation sites (tertiary alicyclic amines) is 2. The van der Waals surface area contributed by atoms with E-state index in [0.29, 0.717) is 0 Å². The highest BCUT2D eigenvalue weighted by Crippen LogP contribution is 2.23. The highest BCUT2D eigenvalue weighted by Gasteiger charge is 2.27. The van der Waals surface area contributed by atoms with E-state index < -0.39 is 0 Å². The molecule has 1 atom stereocenters. The molecule has 3 rings (SSSR count). The monoisotopic (exact) mass is 286 g/mol. The Morgan fingerprint density at radius 1 is 1.00 bits per heavy atom. The third-order valence-electron chi connectivity index (χ3n) is 5.32. The van der Waals surface area contributed by atoms with Crippen LogP contribution in [-0.2, 0) is 6.42 Å². The lowest BCUT2D eigenvalue weighted by Crippen LogP contribution is -2.48. The van der Waals surface area contributed by atoms with Crippen LogP contribution >= 0.6 is 0 Å². The molecule has 2 nitrogen and oxygen atoms in total. The summed E-state index contributed by atoms with van der Waals surface area (Å²) in [5.74, 6) is 0.912. The van der Waals surface area contributed by atoms with Crippen molar-refractivity contribution in [1.82, 2.24) is 9.80 Å². The highest BCUT2D eigenvalue weighted by molar-refractivity contribution is 5.14. The Bertz CT molecular complexity index is 409. The van der Waals surface area contributed by atoms with E-state index in [4.69, 9.17) is 0 Å². The Morgan fingerprint density at radius 3 is 2.48 bits per heavy atom.